The van der Waals surface area contributed by atoms with E-state index < -0.39 is 0 Å². The number of benzene rings is 2. The second-order valence-corrected chi connectivity index (χ2v) is 7.06. The molecular formula is C21H20N6O3. The lowest BCUT2D eigenvalue weighted by molar-refractivity contribution is 0.101. The first-order chi connectivity index (χ1) is 14.6. The van der Waals surface area contributed by atoms with Crippen LogP contribution in [0.5, 0.6) is 5.75 Å². The molecule has 0 atom stereocenters. The summed E-state index contributed by atoms with van der Waals surface area (Å²) in [6.07, 6.45) is 1.48. The number of tetrazole rings is 1. The Morgan fingerprint density at radius 3 is 2.73 bits per heavy atom. The molecule has 30 heavy (non-hydrogen) atoms. The smallest absolute Gasteiger partial charge is 0.277 e. The number of ether oxygens (including phenoxy) is 1. The lowest BCUT2D eigenvalue weighted by atomic mass is 10.1. The van der Waals surface area contributed by atoms with Crippen LogP contribution in [0, 0.1) is 5.92 Å². The Bertz CT molecular complexity index is 1120. The van der Waals surface area contributed by atoms with Crippen LogP contribution in [0.15, 0.2) is 65.4 Å². The lowest BCUT2D eigenvalue weighted by Crippen LogP contribution is -2.12. The zero-order chi connectivity index (χ0) is 20.9. The molecule has 152 valence electrons. The molecule has 0 fully saturated rings. The molecule has 4 rings (SSSR count). The molecule has 9 nitrogen and oxygen atoms in total. The quantitative estimate of drug-likeness (QED) is 0.501. The van der Waals surface area contributed by atoms with Gasteiger partial charge in [-0.15, -0.1) is 5.10 Å². The molecule has 0 saturated heterocycles. The van der Waals surface area contributed by atoms with Crippen LogP contribution in [-0.2, 0) is 0 Å². The minimum Gasteiger partial charge on any atom is -0.493 e. The van der Waals surface area contributed by atoms with Gasteiger partial charge in [-0.25, -0.2) is 4.68 Å². The summed E-state index contributed by atoms with van der Waals surface area (Å²) < 4.78 is 12.5. The molecule has 1 N–H and O–H groups in total. The summed E-state index contributed by atoms with van der Waals surface area (Å²) >= 11 is 0. The van der Waals surface area contributed by atoms with Gasteiger partial charge in [0.05, 0.1) is 12.3 Å². The maximum absolute atomic E-state index is 12.6. The number of carbonyl (C=O) groups is 1. The first-order valence-electron chi connectivity index (χ1n) is 9.43. The third kappa shape index (κ3) is 4.52. The van der Waals surface area contributed by atoms with Crippen molar-refractivity contribution in [3.8, 4) is 22.8 Å². The zero-order valence-electron chi connectivity index (χ0n) is 16.5. The van der Waals surface area contributed by atoms with Crippen LogP contribution in [0.25, 0.3) is 17.0 Å². The van der Waals surface area contributed by atoms with E-state index in [1.165, 1.54) is 11.0 Å². The Hall–Kier alpha value is -4.01. The second kappa shape index (κ2) is 8.56. The fraction of sp³-hybridized carbons (Fsp3) is 0.190. The summed E-state index contributed by atoms with van der Waals surface area (Å²) in [4.78, 5) is 12.6. The van der Waals surface area contributed by atoms with Crippen molar-refractivity contribution >= 4 is 11.6 Å². The Morgan fingerprint density at radius 1 is 1.17 bits per heavy atom. The number of amides is 1. The number of nitrogens with zero attached hydrogens (tertiary/aromatic N) is 5. The maximum atomic E-state index is 12.6. The van der Waals surface area contributed by atoms with Gasteiger partial charge in [-0.1, -0.05) is 25.1 Å². The number of hydrogen-bond acceptors (Lipinski definition) is 7. The summed E-state index contributed by atoms with van der Waals surface area (Å²) in [7, 11) is 0. The third-order valence-corrected chi connectivity index (χ3v) is 4.18. The van der Waals surface area contributed by atoms with Gasteiger partial charge in [0, 0.05) is 17.3 Å². The van der Waals surface area contributed by atoms with Crippen molar-refractivity contribution in [3.05, 3.63) is 66.6 Å². The van der Waals surface area contributed by atoms with Crippen molar-refractivity contribution in [2.45, 2.75) is 13.8 Å². The van der Waals surface area contributed by atoms with Gasteiger partial charge < -0.3 is 14.6 Å². The van der Waals surface area contributed by atoms with Gasteiger partial charge in [-0.2, -0.15) is 0 Å². The summed E-state index contributed by atoms with van der Waals surface area (Å²) in [6, 6.07) is 16.2. The van der Waals surface area contributed by atoms with Crippen molar-refractivity contribution in [1.82, 2.24) is 25.4 Å². The molecular weight excluding hydrogens is 384 g/mol. The third-order valence-electron chi connectivity index (χ3n) is 4.18. The van der Waals surface area contributed by atoms with Gasteiger partial charge in [-0.3, -0.25) is 4.79 Å². The molecule has 0 radical (unpaired) electrons. The standard InChI is InChI=1S/C21H20N6O3/c1-14(2)12-29-18-8-6-15(7-9-18)20-11-19(24-30-20)21(28)23-16-4-3-5-17(10-16)27-13-22-25-26-27/h3-11,13-14H,12H2,1-2H3,(H,23,28). The van der Waals surface area contributed by atoms with Crippen LogP contribution in [-0.4, -0.2) is 37.9 Å². The van der Waals surface area contributed by atoms with Crippen LogP contribution in [0.4, 0.5) is 5.69 Å². The molecule has 0 aliphatic rings. The predicted molar refractivity (Wildman–Crippen MR) is 109 cm³/mol. The number of rotatable bonds is 7. The van der Waals surface area contributed by atoms with Gasteiger partial charge in [-0.05, 0) is 58.8 Å². The van der Waals surface area contributed by atoms with E-state index in [1.807, 2.05) is 30.3 Å². The number of carbonyl (C=O) groups excluding carboxylic acids is 1. The summed E-state index contributed by atoms with van der Waals surface area (Å²) in [6.45, 7) is 4.84. The zero-order valence-corrected chi connectivity index (χ0v) is 16.5. The molecule has 4 aromatic rings. The highest BCUT2D eigenvalue weighted by atomic mass is 16.5. The molecule has 0 saturated carbocycles. The van der Waals surface area contributed by atoms with E-state index in [-0.39, 0.29) is 11.6 Å². The van der Waals surface area contributed by atoms with Gasteiger partial charge >= 0.3 is 0 Å². The van der Waals surface area contributed by atoms with E-state index in [4.69, 9.17) is 9.26 Å². The number of hydrogen-bond donors (Lipinski definition) is 1. The van der Waals surface area contributed by atoms with E-state index in [9.17, 15) is 4.79 Å². The van der Waals surface area contributed by atoms with Crippen molar-refractivity contribution < 1.29 is 14.1 Å². The van der Waals surface area contributed by atoms with Crippen LogP contribution in [0.3, 0.4) is 0 Å². The van der Waals surface area contributed by atoms with Crippen LogP contribution in [0.2, 0.25) is 0 Å². The van der Waals surface area contributed by atoms with Crippen molar-refractivity contribution in [3.63, 3.8) is 0 Å². The van der Waals surface area contributed by atoms with Crippen molar-refractivity contribution in [2.24, 2.45) is 5.92 Å². The molecule has 2 aromatic carbocycles. The minimum atomic E-state index is -0.379. The molecule has 2 aromatic heterocycles. The fourth-order valence-corrected chi connectivity index (χ4v) is 2.70. The largest absolute Gasteiger partial charge is 0.493 e. The highest BCUT2D eigenvalue weighted by molar-refractivity contribution is 6.03. The van der Waals surface area contributed by atoms with Crippen molar-refractivity contribution in [1.29, 1.82) is 0 Å². The van der Waals surface area contributed by atoms with E-state index in [2.05, 4.69) is 39.8 Å². The number of nitrogens with one attached hydrogen (secondary N) is 1. The highest BCUT2D eigenvalue weighted by Gasteiger charge is 2.14. The molecule has 0 spiro atoms. The lowest BCUT2D eigenvalue weighted by Gasteiger charge is -2.08. The SMILES string of the molecule is CC(C)COc1ccc(-c2cc(C(=O)Nc3cccc(-n4cnnn4)c3)no2)cc1. The Balaban J connectivity index is 1.44. The van der Waals surface area contributed by atoms with Gasteiger partial charge in [0.2, 0.25) is 0 Å². The van der Waals surface area contributed by atoms with Gasteiger partial charge in [0.25, 0.3) is 5.91 Å². The minimum absolute atomic E-state index is 0.179. The predicted octanol–water partition coefficient (Wildman–Crippen LogP) is 3.60. The van der Waals surface area contributed by atoms with E-state index in [0.29, 0.717) is 24.0 Å². The molecule has 0 aliphatic carbocycles. The summed E-state index contributed by atoms with van der Waals surface area (Å²) in [5.41, 5.74) is 2.29. The molecule has 0 bridgehead atoms. The van der Waals surface area contributed by atoms with Crippen LogP contribution < -0.4 is 10.1 Å². The second-order valence-electron chi connectivity index (χ2n) is 7.06. The fourth-order valence-electron chi connectivity index (χ4n) is 2.70. The monoisotopic (exact) mass is 404 g/mol. The summed E-state index contributed by atoms with van der Waals surface area (Å²) in [5.74, 6) is 1.36. The molecule has 1 amide bonds. The number of anilines is 1. The van der Waals surface area contributed by atoms with Gasteiger partial charge in [0.1, 0.15) is 12.1 Å². The Morgan fingerprint density at radius 2 is 2.00 bits per heavy atom. The van der Waals surface area contributed by atoms with Crippen molar-refractivity contribution in [2.75, 3.05) is 11.9 Å². The average Bonchev–Trinajstić information content (AvgIpc) is 3.45. The van der Waals surface area contributed by atoms with Crippen LogP contribution >= 0.6 is 0 Å². The molecule has 9 heteroatoms. The maximum Gasteiger partial charge on any atom is 0.277 e. The summed E-state index contributed by atoms with van der Waals surface area (Å²) in [5, 5.41) is 17.7. The van der Waals surface area contributed by atoms with E-state index >= 15 is 0 Å². The molecule has 0 unspecified atom stereocenters. The Kier molecular flexibility index (Phi) is 5.51. The van der Waals surface area contributed by atoms with Gasteiger partial charge in [0.15, 0.2) is 11.5 Å². The van der Waals surface area contributed by atoms with E-state index in [0.717, 1.165) is 17.0 Å². The topological polar surface area (TPSA) is 108 Å². The molecule has 0 aliphatic heterocycles. The van der Waals surface area contributed by atoms with Crippen LogP contribution in [0.1, 0.15) is 24.3 Å². The average molecular weight is 404 g/mol. The normalized spacial score (nSPS) is 10.9. The first kappa shape index (κ1) is 19.3. The van der Waals surface area contributed by atoms with E-state index in [1.54, 1.807) is 24.3 Å². The highest BCUT2D eigenvalue weighted by Crippen LogP contribution is 2.24. The molecule has 2 heterocycles. The first-order valence-corrected chi connectivity index (χ1v) is 9.43. The number of aromatic nitrogens is 5. The Labute approximate surface area is 172 Å².